The van der Waals surface area contributed by atoms with Crippen LogP contribution in [0.25, 0.3) is 0 Å². The number of anilines is 1. The summed E-state index contributed by atoms with van der Waals surface area (Å²) in [7, 11) is 3.99. The van der Waals surface area contributed by atoms with Crippen LogP contribution in [0, 0.1) is 0 Å². The Kier molecular flexibility index (Phi) is 4.17. The molecule has 2 N–H and O–H groups in total. The highest BCUT2D eigenvalue weighted by Crippen LogP contribution is 2.10. The first-order chi connectivity index (χ1) is 7.13. The van der Waals surface area contributed by atoms with Crippen molar-refractivity contribution in [2.75, 3.05) is 19.0 Å². The Morgan fingerprint density at radius 3 is 2.40 bits per heavy atom. The fourth-order valence-corrected chi connectivity index (χ4v) is 1.08. The molecule has 1 aromatic carbocycles. The molecule has 15 heavy (non-hydrogen) atoms. The number of hydrogen-bond donors (Lipinski definition) is 2. The van der Waals surface area contributed by atoms with Crippen molar-refractivity contribution in [2.24, 2.45) is 15.9 Å². The highest BCUT2D eigenvalue weighted by atomic mass is 32.1. The summed E-state index contributed by atoms with van der Waals surface area (Å²) >= 11 is 3.93. The Morgan fingerprint density at radius 2 is 1.93 bits per heavy atom. The second kappa shape index (κ2) is 5.41. The van der Waals surface area contributed by atoms with Gasteiger partial charge in [-0.15, -0.1) is 12.6 Å². The molecule has 0 spiro atoms. The Hall–Kier alpha value is -1.49. The monoisotopic (exact) mass is 222 g/mol. The van der Waals surface area contributed by atoms with Gasteiger partial charge < -0.3 is 10.7 Å². The molecule has 80 valence electrons. The normalized spacial score (nSPS) is 12.1. The van der Waals surface area contributed by atoms with E-state index in [1.165, 1.54) is 0 Å². The maximum Gasteiger partial charge on any atom is 0.202 e. The van der Waals surface area contributed by atoms with Crippen LogP contribution in [0.3, 0.4) is 0 Å². The first-order valence-corrected chi connectivity index (χ1v) is 4.86. The van der Waals surface area contributed by atoms with Crippen LogP contribution in [-0.2, 0) is 0 Å². The van der Waals surface area contributed by atoms with Gasteiger partial charge in [0.25, 0.3) is 0 Å². The van der Waals surface area contributed by atoms with Crippen LogP contribution < -0.4 is 10.7 Å². The fraction of sp³-hybridized carbons (Fsp3) is 0.200. The average Bonchev–Trinajstić information content (AvgIpc) is 2.26. The number of rotatable bonds is 2. The molecule has 0 saturated carbocycles. The summed E-state index contributed by atoms with van der Waals surface area (Å²) in [5.74, 6) is 4.99. The van der Waals surface area contributed by atoms with Crippen molar-refractivity contribution in [2.45, 2.75) is 0 Å². The third kappa shape index (κ3) is 3.63. The Bertz CT molecular complexity index is 368. The van der Waals surface area contributed by atoms with E-state index in [0.29, 0.717) is 0 Å². The molecule has 4 nitrogen and oxygen atoms in total. The van der Waals surface area contributed by atoms with E-state index in [-0.39, 0.29) is 5.17 Å². The summed E-state index contributed by atoms with van der Waals surface area (Å²) in [5.41, 5.74) is 2.13. The highest BCUT2D eigenvalue weighted by Gasteiger charge is 1.93. The third-order valence-electron chi connectivity index (χ3n) is 1.85. The van der Waals surface area contributed by atoms with E-state index >= 15 is 0 Å². The van der Waals surface area contributed by atoms with Gasteiger partial charge in [-0.3, -0.25) is 0 Å². The zero-order valence-electron chi connectivity index (χ0n) is 8.75. The van der Waals surface area contributed by atoms with Gasteiger partial charge in [-0.25, -0.2) is 4.99 Å². The van der Waals surface area contributed by atoms with Crippen LogP contribution in [0.1, 0.15) is 5.56 Å². The van der Waals surface area contributed by atoms with Crippen molar-refractivity contribution < 1.29 is 0 Å². The maximum absolute atomic E-state index is 4.99. The van der Waals surface area contributed by atoms with E-state index in [2.05, 4.69) is 22.7 Å². The van der Waals surface area contributed by atoms with Gasteiger partial charge in [0.2, 0.25) is 5.17 Å². The van der Waals surface area contributed by atoms with Crippen LogP contribution in [0.15, 0.2) is 34.4 Å². The van der Waals surface area contributed by atoms with E-state index in [0.717, 1.165) is 11.3 Å². The van der Waals surface area contributed by atoms with E-state index in [9.17, 15) is 0 Å². The molecule has 0 heterocycles. The van der Waals surface area contributed by atoms with Gasteiger partial charge in [0, 0.05) is 26.0 Å². The Balaban J connectivity index is 2.77. The van der Waals surface area contributed by atoms with Gasteiger partial charge in [0.1, 0.15) is 0 Å². The molecule has 0 aliphatic rings. The summed E-state index contributed by atoms with van der Waals surface area (Å²) in [4.78, 5) is 5.97. The van der Waals surface area contributed by atoms with Crippen molar-refractivity contribution in [1.29, 1.82) is 0 Å². The lowest BCUT2D eigenvalue weighted by molar-refractivity contribution is 1.13. The van der Waals surface area contributed by atoms with E-state index in [1.807, 2.05) is 43.3 Å². The quantitative estimate of drug-likeness (QED) is 0.261. The number of thiol groups is 1. The van der Waals surface area contributed by atoms with Gasteiger partial charge in [-0.05, 0) is 17.7 Å². The SMILES string of the molecule is CN(C)c1ccc(/C=N/C(S)=N/N)cc1. The molecule has 1 aromatic rings. The van der Waals surface area contributed by atoms with Gasteiger partial charge in [-0.2, -0.15) is 5.10 Å². The molecule has 5 heteroatoms. The Morgan fingerprint density at radius 1 is 1.33 bits per heavy atom. The van der Waals surface area contributed by atoms with Crippen molar-refractivity contribution in [3.8, 4) is 0 Å². The molecule has 0 saturated heterocycles. The molecule has 1 rings (SSSR count). The van der Waals surface area contributed by atoms with E-state index in [1.54, 1.807) is 6.21 Å². The van der Waals surface area contributed by atoms with Crippen molar-refractivity contribution in [3.63, 3.8) is 0 Å². The average molecular weight is 222 g/mol. The minimum absolute atomic E-state index is 0.256. The standard InChI is InChI=1S/C10H14N4S/c1-14(2)9-5-3-8(4-6-9)7-12-10(15)13-11/h3-7H,11H2,1-2H3,(H,13,15)/b12-7+. The van der Waals surface area contributed by atoms with Gasteiger partial charge in [0.15, 0.2) is 0 Å². The van der Waals surface area contributed by atoms with Gasteiger partial charge in [-0.1, -0.05) is 12.1 Å². The third-order valence-corrected chi connectivity index (χ3v) is 2.08. The molecule has 0 aliphatic carbocycles. The van der Waals surface area contributed by atoms with E-state index < -0.39 is 0 Å². The summed E-state index contributed by atoms with van der Waals surface area (Å²) in [6.07, 6.45) is 1.66. The Labute approximate surface area is 94.9 Å². The fourth-order valence-electron chi connectivity index (χ4n) is 1.02. The summed E-state index contributed by atoms with van der Waals surface area (Å²) in [6.45, 7) is 0. The van der Waals surface area contributed by atoms with Crippen molar-refractivity contribution >= 4 is 29.7 Å². The van der Waals surface area contributed by atoms with Crippen LogP contribution in [0.4, 0.5) is 5.69 Å². The minimum Gasteiger partial charge on any atom is -0.378 e. The second-order valence-electron chi connectivity index (χ2n) is 3.17. The zero-order chi connectivity index (χ0) is 11.3. The topological polar surface area (TPSA) is 54.0 Å². The van der Waals surface area contributed by atoms with Crippen molar-refractivity contribution in [3.05, 3.63) is 29.8 Å². The lowest BCUT2D eigenvalue weighted by atomic mass is 10.2. The lowest BCUT2D eigenvalue weighted by Crippen LogP contribution is -2.08. The lowest BCUT2D eigenvalue weighted by Gasteiger charge is -2.11. The van der Waals surface area contributed by atoms with E-state index in [4.69, 9.17) is 5.84 Å². The number of nitrogens with zero attached hydrogens (tertiary/aromatic N) is 3. The smallest absolute Gasteiger partial charge is 0.202 e. The number of nitrogens with two attached hydrogens (primary N) is 1. The summed E-state index contributed by atoms with van der Waals surface area (Å²) in [6, 6.07) is 7.96. The van der Waals surface area contributed by atoms with Crippen LogP contribution in [0.2, 0.25) is 0 Å². The predicted molar refractivity (Wildman–Crippen MR) is 69.0 cm³/mol. The molecule has 0 radical (unpaired) electrons. The maximum atomic E-state index is 4.99. The molecule has 0 aliphatic heterocycles. The minimum atomic E-state index is 0.256. The molecule has 0 amide bonds. The van der Waals surface area contributed by atoms with Crippen LogP contribution in [0.5, 0.6) is 0 Å². The first-order valence-electron chi connectivity index (χ1n) is 4.42. The first kappa shape index (κ1) is 11.6. The van der Waals surface area contributed by atoms with Gasteiger partial charge >= 0.3 is 0 Å². The number of aliphatic imine (C=N–C) groups is 1. The molecule has 0 atom stereocenters. The number of benzene rings is 1. The number of amidine groups is 1. The van der Waals surface area contributed by atoms with Crippen LogP contribution >= 0.6 is 12.6 Å². The summed E-state index contributed by atoms with van der Waals surface area (Å²) < 4.78 is 0. The summed E-state index contributed by atoms with van der Waals surface area (Å²) in [5, 5.41) is 3.58. The molecular weight excluding hydrogens is 208 g/mol. The molecular formula is C10H14N4S. The largest absolute Gasteiger partial charge is 0.378 e. The molecule has 0 fully saturated rings. The van der Waals surface area contributed by atoms with Gasteiger partial charge in [0.05, 0.1) is 0 Å². The van der Waals surface area contributed by atoms with Crippen LogP contribution in [-0.4, -0.2) is 25.5 Å². The molecule has 0 unspecified atom stereocenters. The second-order valence-corrected chi connectivity index (χ2v) is 3.57. The highest BCUT2D eigenvalue weighted by molar-refractivity contribution is 7.96. The van der Waals surface area contributed by atoms with Crippen molar-refractivity contribution in [1.82, 2.24) is 0 Å². The molecule has 0 aromatic heterocycles. The number of hydrogen-bond acceptors (Lipinski definition) is 3. The molecule has 0 bridgehead atoms. The number of hydrazone groups is 1. The predicted octanol–water partition coefficient (Wildman–Crippen LogP) is 1.33. The zero-order valence-corrected chi connectivity index (χ0v) is 9.65.